The monoisotopic (exact) mass is 339 g/mol. The summed E-state index contributed by atoms with van der Waals surface area (Å²) in [4.78, 5) is 14.6. The molecule has 2 aliphatic rings. The van der Waals surface area contributed by atoms with E-state index in [2.05, 4.69) is 36.2 Å². The van der Waals surface area contributed by atoms with Gasteiger partial charge in [-0.25, -0.2) is 0 Å². The molecule has 1 saturated heterocycles. The van der Waals surface area contributed by atoms with Gasteiger partial charge in [-0.1, -0.05) is 12.1 Å². The zero-order chi connectivity index (χ0) is 17.6. The topological polar surface area (TPSA) is 69.2 Å². The fourth-order valence-electron chi connectivity index (χ4n) is 4.07. The molecule has 2 heterocycles. The first-order valence-corrected chi connectivity index (χ1v) is 9.09. The van der Waals surface area contributed by atoms with Crippen LogP contribution in [0.1, 0.15) is 47.3 Å². The molecule has 1 atom stereocenters. The standard InChI is InChI=1S/C20H25N3O2/c1-13-3-4-15(11-14(13)2)16-12-17(22-21-16)19(25)23-9-7-20(8-10-23)6-5-18(20)24/h3-4,11-12,18,24H,5-10H2,1-2H3,(H,21,22). The number of amides is 1. The number of hydrogen-bond acceptors (Lipinski definition) is 3. The first-order chi connectivity index (χ1) is 12.0. The molecule has 1 amide bonds. The number of benzene rings is 1. The molecule has 25 heavy (non-hydrogen) atoms. The first-order valence-electron chi connectivity index (χ1n) is 9.09. The molecule has 2 fully saturated rings. The molecule has 2 N–H and O–H groups in total. The van der Waals surface area contributed by atoms with Crippen LogP contribution in [0.4, 0.5) is 0 Å². The van der Waals surface area contributed by atoms with E-state index in [-0.39, 0.29) is 17.4 Å². The maximum absolute atomic E-state index is 12.8. The number of nitrogens with one attached hydrogen (secondary N) is 1. The Morgan fingerprint density at radius 1 is 1.20 bits per heavy atom. The van der Waals surface area contributed by atoms with Gasteiger partial charge in [0, 0.05) is 18.7 Å². The van der Waals surface area contributed by atoms with E-state index >= 15 is 0 Å². The number of aliphatic hydroxyl groups is 1. The summed E-state index contributed by atoms with van der Waals surface area (Å²) in [6, 6.07) is 8.06. The summed E-state index contributed by atoms with van der Waals surface area (Å²) in [5, 5.41) is 17.2. The Labute approximate surface area is 148 Å². The average Bonchev–Trinajstić information content (AvgIpc) is 3.12. The number of nitrogens with zero attached hydrogens (tertiary/aromatic N) is 2. The summed E-state index contributed by atoms with van der Waals surface area (Å²) in [5.41, 5.74) is 4.90. The third-order valence-electron chi connectivity index (χ3n) is 6.28. The van der Waals surface area contributed by atoms with Crippen molar-refractivity contribution < 1.29 is 9.90 Å². The third kappa shape index (κ3) is 2.76. The van der Waals surface area contributed by atoms with Gasteiger partial charge in [0.15, 0.2) is 0 Å². The van der Waals surface area contributed by atoms with Crippen LogP contribution < -0.4 is 0 Å². The number of likely N-dealkylation sites (tertiary alicyclic amines) is 1. The van der Waals surface area contributed by atoms with Gasteiger partial charge in [-0.15, -0.1) is 0 Å². The minimum absolute atomic E-state index is 0.00578. The van der Waals surface area contributed by atoms with Crippen LogP contribution in [-0.2, 0) is 0 Å². The van der Waals surface area contributed by atoms with E-state index in [9.17, 15) is 9.90 Å². The fraction of sp³-hybridized carbons (Fsp3) is 0.500. The highest BCUT2D eigenvalue weighted by Crippen LogP contribution is 2.49. The van der Waals surface area contributed by atoms with Gasteiger partial charge in [0.2, 0.25) is 0 Å². The van der Waals surface area contributed by atoms with Crippen molar-refractivity contribution in [3.05, 3.63) is 41.1 Å². The van der Waals surface area contributed by atoms with Gasteiger partial charge in [-0.2, -0.15) is 5.10 Å². The molecule has 132 valence electrons. The molecule has 1 saturated carbocycles. The zero-order valence-corrected chi connectivity index (χ0v) is 14.9. The Kier molecular flexibility index (Phi) is 3.91. The van der Waals surface area contributed by atoms with Gasteiger partial charge in [0.05, 0.1) is 11.8 Å². The zero-order valence-electron chi connectivity index (χ0n) is 14.9. The summed E-state index contributed by atoms with van der Waals surface area (Å²) in [5.74, 6) is 0.00578. The van der Waals surface area contributed by atoms with Crippen LogP contribution in [0, 0.1) is 19.3 Å². The lowest BCUT2D eigenvalue weighted by molar-refractivity contribution is -0.0952. The van der Waals surface area contributed by atoms with E-state index in [1.54, 1.807) is 0 Å². The second kappa shape index (κ2) is 5.99. The van der Waals surface area contributed by atoms with Gasteiger partial charge in [0.25, 0.3) is 5.91 Å². The predicted molar refractivity (Wildman–Crippen MR) is 96.3 cm³/mol. The van der Waals surface area contributed by atoms with Crippen molar-refractivity contribution in [1.29, 1.82) is 0 Å². The van der Waals surface area contributed by atoms with E-state index < -0.39 is 0 Å². The second-order valence-electron chi connectivity index (χ2n) is 7.67. The molecule has 0 radical (unpaired) electrons. The molecule has 2 aromatic rings. The largest absolute Gasteiger partial charge is 0.393 e. The molecule has 5 heteroatoms. The molecule has 1 aromatic heterocycles. The Hall–Kier alpha value is -2.14. The highest BCUT2D eigenvalue weighted by Gasteiger charge is 2.47. The van der Waals surface area contributed by atoms with Crippen LogP contribution in [0.15, 0.2) is 24.3 Å². The minimum atomic E-state index is -0.173. The first kappa shape index (κ1) is 16.3. The van der Waals surface area contributed by atoms with E-state index in [0.717, 1.165) is 36.9 Å². The van der Waals surface area contributed by atoms with E-state index in [4.69, 9.17) is 0 Å². The number of aromatic amines is 1. The fourth-order valence-corrected chi connectivity index (χ4v) is 4.07. The Morgan fingerprint density at radius 2 is 1.96 bits per heavy atom. The van der Waals surface area contributed by atoms with Gasteiger partial charge >= 0.3 is 0 Å². The number of aryl methyl sites for hydroxylation is 2. The molecule has 1 aromatic carbocycles. The van der Waals surface area contributed by atoms with E-state index in [1.165, 1.54) is 11.1 Å². The van der Waals surface area contributed by atoms with E-state index in [0.29, 0.717) is 18.8 Å². The predicted octanol–water partition coefficient (Wildman–Crippen LogP) is 3.07. The second-order valence-corrected chi connectivity index (χ2v) is 7.67. The lowest BCUT2D eigenvalue weighted by Crippen LogP contribution is -2.53. The maximum atomic E-state index is 12.8. The van der Waals surface area contributed by atoms with Crippen molar-refractivity contribution in [2.75, 3.05) is 13.1 Å². The highest BCUT2D eigenvalue weighted by atomic mass is 16.3. The Bertz CT molecular complexity index is 803. The summed E-state index contributed by atoms with van der Waals surface area (Å²) >= 11 is 0. The molecule has 4 rings (SSSR count). The Balaban J connectivity index is 1.47. The lowest BCUT2D eigenvalue weighted by Gasteiger charge is -2.51. The highest BCUT2D eigenvalue weighted by molar-refractivity contribution is 5.93. The molecular weight excluding hydrogens is 314 g/mol. The van der Waals surface area contributed by atoms with Crippen molar-refractivity contribution in [2.24, 2.45) is 5.41 Å². The summed E-state index contributed by atoms with van der Waals surface area (Å²) in [6.45, 7) is 5.60. The minimum Gasteiger partial charge on any atom is -0.393 e. The normalized spacial score (nSPS) is 22.0. The average molecular weight is 339 g/mol. The van der Waals surface area contributed by atoms with Crippen LogP contribution in [0.25, 0.3) is 11.3 Å². The molecule has 1 aliphatic heterocycles. The number of H-pyrrole nitrogens is 1. The van der Waals surface area contributed by atoms with Crippen LogP contribution in [0.5, 0.6) is 0 Å². The number of aromatic nitrogens is 2. The number of piperidine rings is 1. The third-order valence-corrected chi connectivity index (χ3v) is 6.28. The van der Waals surface area contributed by atoms with Gasteiger partial charge in [-0.05, 0) is 68.2 Å². The van der Waals surface area contributed by atoms with Crippen LogP contribution in [0.3, 0.4) is 0 Å². The van der Waals surface area contributed by atoms with Crippen LogP contribution >= 0.6 is 0 Å². The van der Waals surface area contributed by atoms with Crippen molar-refractivity contribution in [3.63, 3.8) is 0 Å². The quantitative estimate of drug-likeness (QED) is 0.883. The lowest BCUT2D eigenvalue weighted by atomic mass is 9.61. The number of rotatable bonds is 2. The van der Waals surface area contributed by atoms with Crippen molar-refractivity contribution >= 4 is 5.91 Å². The summed E-state index contributed by atoms with van der Waals surface area (Å²) in [6.07, 6.45) is 3.63. The summed E-state index contributed by atoms with van der Waals surface area (Å²) < 4.78 is 0. The molecule has 1 unspecified atom stereocenters. The SMILES string of the molecule is Cc1ccc(-c2cc(C(=O)N3CCC4(CCC4O)CC3)[nH]n2)cc1C. The summed E-state index contributed by atoms with van der Waals surface area (Å²) in [7, 11) is 0. The molecule has 1 spiro atoms. The Morgan fingerprint density at radius 3 is 2.56 bits per heavy atom. The van der Waals surface area contributed by atoms with Gasteiger partial charge in [-0.3, -0.25) is 9.89 Å². The molecule has 5 nitrogen and oxygen atoms in total. The van der Waals surface area contributed by atoms with Crippen LogP contribution in [0.2, 0.25) is 0 Å². The van der Waals surface area contributed by atoms with Crippen LogP contribution in [-0.4, -0.2) is 45.3 Å². The molecule has 0 bridgehead atoms. The number of carbonyl (C=O) groups is 1. The van der Waals surface area contributed by atoms with E-state index in [1.807, 2.05) is 17.0 Å². The maximum Gasteiger partial charge on any atom is 0.271 e. The number of hydrogen-bond donors (Lipinski definition) is 2. The van der Waals surface area contributed by atoms with Crippen molar-refractivity contribution in [3.8, 4) is 11.3 Å². The van der Waals surface area contributed by atoms with Crippen molar-refractivity contribution in [2.45, 2.75) is 45.6 Å². The van der Waals surface area contributed by atoms with Gasteiger partial charge < -0.3 is 10.0 Å². The smallest absolute Gasteiger partial charge is 0.271 e. The number of carbonyl (C=O) groups excluding carboxylic acids is 1. The molecule has 1 aliphatic carbocycles. The molecular formula is C20H25N3O2. The van der Waals surface area contributed by atoms with Crippen molar-refractivity contribution in [1.82, 2.24) is 15.1 Å². The van der Waals surface area contributed by atoms with Gasteiger partial charge in [0.1, 0.15) is 5.69 Å². The number of aliphatic hydroxyl groups excluding tert-OH is 1.